The van der Waals surface area contributed by atoms with E-state index in [0.717, 1.165) is 25.3 Å². The zero-order valence-electron chi connectivity index (χ0n) is 18.7. The van der Waals surface area contributed by atoms with Crippen LogP contribution in [-0.2, 0) is 19.4 Å². The second-order valence-corrected chi connectivity index (χ2v) is 9.09. The number of nitrogens with two attached hydrogens (primary N) is 2. The fraction of sp³-hybridized carbons (Fsp3) is 0.538. The SMILES string of the molecule is CCCCC(CC)Cn1c2ccc(CC(C)N)cc2c2cc(CC(C)N)ccc21. The first-order valence-electron chi connectivity index (χ1n) is 11.5. The summed E-state index contributed by atoms with van der Waals surface area (Å²) in [5.74, 6) is 0.723. The van der Waals surface area contributed by atoms with Gasteiger partial charge in [0, 0.05) is 40.4 Å². The molecule has 158 valence electrons. The molecule has 3 unspecified atom stereocenters. The monoisotopic (exact) mass is 393 g/mol. The molecule has 0 bridgehead atoms. The average Bonchev–Trinajstić information content (AvgIpc) is 2.96. The molecule has 0 amide bonds. The summed E-state index contributed by atoms with van der Waals surface area (Å²) in [7, 11) is 0. The largest absolute Gasteiger partial charge is 0.340 e. The molecule has 3 rings (SSSR count). The highest BCUT2D eigenvalue weighted by molar-refractivity contribution is 6.08. The van der Waals surface area contributed by atoms with Crippen LogP contribution in [-0.4, -0.2) is 16.7 Å². The van der Waals surface area contributed by atoms with E-state index in [1.807, 2.05) is 0 Å². The van der Waals surface area contributed by atoms with E-state index < -0.39 is 0 Å². The summed E-state index contributed by atoms with van der Waals surface area (Å²) in [5, 5.41) is 2.71. The summed E-state index contributed by atoms with van der Waals surface area (Å²) in [6.45, 7) is 9.86. The highest BCUT2D eigenvalue weighted by Crippen LogP contribution is 2.33. The quantitative estimate of drug-likeness (QED) is 0.458. The number of hydrogen-bond acceptors (Lipinski definition) is 2. The van der Waals surface area contributed by atoms with E-state index >= 15 is 0 Å². The molecule has 0 aliphatic carbocycles. The predicted molar refractivity (Wildman–Crippen MR) is 127 cm³/mol. The lowest BCUT2D eigenvalue weighted by Crippen LogP contribution is -2.17. The number of fused-ring (bicyclic) bond motifs is 3. The molecule has 0 saturated heterocycles. The topological polar surface area (TPSA) is 57.0 Å². The van der Waals surface area contributed by atoms with Crippen LogP contribution in [0.5, 0.6) is 0 Å². The Bertz CT molecular complexity index is 869. The lowest BCUT2D eigenvalue weighted by atomic mass is 9.99. The van der Waals surface area contributed by atoms with Crippen LogP contribution < -0.4 is 11.5 Å². The van der Waals surface area contributed by atoms with Gasteiger partial charge in [-0.1, -0.05) is 45.2 Å². The maximum Gasteiger partial charge on any atom is 0.0491 e. The van der Waals surface area contributed by atoms with Gasteiger partial charge in [0.15, 0.2) is 0 Å². The lowest BCUT2D eigenvalue weighted by molar-refractivity contribution is 0.401. The van der Waals surface area contributed by atoms with Gasteiger partial charge in [0.05, 0.1) is 0 Å². The van der Waals surface area contributed by atoms with Crippen molar-refractivity contribution in [3.05, 3.63) is 47.5 Å². The van der Waals surface area contributed by atoms with E-state index in [1.54, 1.807) is 0 Å². The summed E-state index contributed by atoms with van der Waals surface area (Å²) in [6, 6.07) is 14.2. The minimum Gasteiger partial charge on any atom is -0.340 e. The van der Waals surface area contributed by atoms with Gasteiger partial charge in [0.25, 0.3) is 0 Å². The van der Waals surface area contributed by atoms with Gasteiger partial charge in [-0.25, -0.2) is 0 Å². The van der Waals surface area contributed by atoms with Crippen LogP contribution in [0.1, 0.15) is 64.5 Å². The van der Waals surface area contributed by atoms with Crippen molar-refractivity contribution < 1.29 is 0 Å². The third kappa shape index (κ3) is 5.21. The van der Waals surface area contributed by atoms with E-state index in [4.69, 9.17) is 11.5 Å². The fourth-order valence-corrected chi connectivity index (χ4v) is 4.57. The molecule has 0 aliphatic rings. The van der Waals surface area contributed by atoms with Crippen LogP contribution in [0.25, 0.3) is 21.8 Å². The Hall–Kier alpha value is -1.84. The zero-order chi connectivity index (χ0) is 21.0. The zero-order valence-corrected chi connectivity index (χ0v) is 18.7. The smallest absolute Gasteiger partial charge is 0.0491 e. The minimum absolute atomic E-state index is 0.174. The van der Waals surface area contributed by atoms with Crippen molar-refractivity contribution in [3.63, 3.8) is 0 Å². The highest BCUT2D eigenvalue weighted by Gasteiger charge is 2.16. The van der Waals surface area contributed by atoms with Gasteiger partial charge in [-0.05, 0) is 74.4 Å². The molecule has 3 atom stereocenters. The van der Waals surface area contributed by atoms with E-state index in [2.05, 4.69) is 68.7 Å². The third-order valence-electron chi connectivity index (χ3n) is 6.09. The second-order valence-electron chi connectivity index (χ2n) is 9.09. The van der Waals surface area contributed by atoms with Crippen molar-refractivity contribution in [2.75, 3.05) is 0 Å². The standard InChI is InChI=1S/C26H39N3/c1-5-7-8-20(6-2)17-29-25-11-9-21(13-18(3)27)15-23(25)24-16-22(14-19(4)28)10-12-26(24)29/h9-12,15-16,18-20H,5-8,13-14,17,27-28H2,1-4H3. The first kappa shape index (κ1) is 21.9. The summed E-state index contributed by atoms with van der Waals surface area (Å²) in [4.78, 5) is 0. The molecular formula is C26H39N3. The summed E-state index contributed by atoms with van der Waals surface area (Å²) >= 11 is 0. The van der Waals surface area contributed by atoms with Crippen LogP contribution in [0.15, 0.2) is 36.4 Å². The molecule has 2 aromatic carbocycles. The van der Waals surface area contributed by atoms with Gasteiger partial charge in [0.2, 0.25) is 0 Å². The Morgan fingerprint density at radius 2 is 1.34 bits per heavy atom. The molecule has 0 aliphatic heterocycles. The Kier molecular flexibility index (Phi) is 7.37. The Balaban J connectivity index is 2.12. The lowest BCUT2D eigenvalue weighted by Gasteiger charge is -2.17. The molecule has 3 nitrogen and oxygen atoms in total. The maximum absolute atomic E-state index is 6.08. The van der Waals surface area contributed by atoms with E-state index in [-0.39, 0.29) is 12.1 Å². The molecule has 3 aromatic rings. The average molecular weight is 394 g/mol. The number of unbranched alkanes of at least 4 members (excludes halogenated alkanes) is 1. The predicted octanol–water partition coefficient (Wildman–Crippen LogP) is 5.79. The van der Waals surface area contributed by atoms with E-state index in [1.165, 1.54) is 58.6 Å². The van der Waals surface area contributed by atoms with Crippen LogP contribution in [0, 0.1) is 5.92 Å². The van der Waals surface area contributed by atoms with E-state index in [9.17, 15) is 0 Å². The molecule has 0 saturated carbocycles. The molecule has 1 aromatic heterocycles. The summed E-state index contributed by atoms with van der Waals surface area (Å²) in [5.41, 5.74) is 17.5. The number of rotatable bonds is 10. The Morgan fingerprint density at radius 3 is 1.76 bits per heavy atom. The van der Waals surface area contributed by atoms with Gasteiger partial charge in [-0.2, -0.15) is 0 Å². The molecular weight excluding hydrogens is 354 g/mol. The van der Waals surface area contributed by atoms with Gasteiger partial charge in [-0.3, -0.25) is 0 Å². The maximum atomic E-state index is 6.08. The highest BCUT2D eigenvalue weighted by atomic mass is 15.0. The molecule has 4 N–H and O–H groups in total. The van der Waals surface area contributed by atoms with Gasteiger partial charge in [0.1, 0.15) is 0 Å². The number of aromatic nitrogens is 1. The van der Waals surface area contributed by atoms with Gasteiger partial charge < -0.3 is 16.0 Å². The second kappa shape index (κ2) is 9.77. The summed E-state index contributed by atoms with van der Waals surface area (Å²) in [6.07, 6.45) is 6.94. The molecule has 1 heterocycles. The summed E-state index contributed by atoms with van der Waals surface area (Å²) < 4.78 is 2.56. The number of hydrogen-bond donors (Lipinski definition) is 2. The number of nitrogens with zero attached hydrogens (tertiary/aromatic N) is 1. The van der Waals surface area contributed by atoms with Crippen molar-refractivity contribution >= 4 is 21.8 Å². The molecule has 0 spiro atoms. The molecule has 3 heteroatoms. The van der Waals surface area contributed by atoms with Crippen LogP contribution in [0.3, 0.4) is 0 Å². The van der Waals surface area contributed by atoms with Crippen LogP contribution in [0.4, 0.5) is 0 Å². The van der Waals surface area contributed by atoms with Crippen LogP contribution in [0.2, 0.25) is 0 Å². The van der Waals surface area contributed by atoms with Crippen molar-refractivity contribution in [1.82, 2.24) is 4.57 Å². The minimum atomic E-state index is 0.174. The molecule has 0 fully saturated rings. The van der Waals surface area contributed by atoms with Crippen molar-refractivity contribution in [2.45, 2.75) is 84.8 Å². The molecule has 29 heavy (non-hydrogen) atoms. The van der Waals surface area contributed by atoms with Crippen molar-refractivity contribution in [3.8, 4) is 0 Å². The first-order valence-corrected chi connectivity index (χ1v) is 11.5. The first-order chi connectivity index (χ1) is 13.9. The number of benzene rings is 2. The normalized spacial score (nSPS) is 15.1. The van der Waals surface area contributed by atoms with Gasteiger partial charge in [-0.15, -0.1) is 0 Å². The van der Waals surface area contributed by atoms with Gasteiger partial charge >= 0.3 is 0 Å². The van der Waals surface area contributed by atoms with Crippen LogP contribution >= 0.6 is 0 Å². The van der Waals surface area contributed by atoms with E-state index in [0.29, 0.717) is 0 Å². The fourth-order valence-electron chi connectivity index (χ4n) is 4.57. The van der Waals surface area contributed by atoms with Crippen molar-refractivity contribution in [1.29, 1.82) is 0 Å². The Labute approximate surface area is 176 Å². The Morgan fingerprint density at radius 1 is 0.828 bits per heavy atom. The molecule has 0 radical (unpaired) electrons. The third-order valence-corrected chi connectivity index (χ3v) is 6.09. The van der Waals surface area contributed by atoms with Crippen molar-refractivity contribution in [2.24, 2.45) is 17.4 Å².